The van der Waals surface area contributed by atoms with Gasteiger partial charge in [-0.1, -0.05) is 24.8 Å². The van der Waals surface area contributed by atoms with Crippen LogP contribution in [0.5, 0.6) is 5.75 Å². The number of carbonyl (C=O) groups is 1. The first-order valence-corrected chi connectivity index (χ1v) is 13.0. The lowest BCUT2D eigenvalue weighted by Crippen LogP contribution is -2.44. The van der Waals surface area contributed by atoms with Crippen LogP contribution in [0.4, 0.5) is 34.4 Å². The normalized spacial score (nSPS) is 13.5. The summed E-state index contributed by atoms with van der Waals surface area (Å²) in [7, 11) is 5.62. The summed E-state index contributed by atoms with van der Waals surface area (Å²) in [5.74, 6) is 1.50. The van der Waals surface area contributed by atoms with E-state index < -0.39 is 0 Å². The van der Waals surface area contributed by atoms with Gasteiger partial charge in [-0.2, -0.15) is 5.10 Å². The van der Waals surface area contributed by atoms with Crippen LogP contribution in [0.1, 0.15) is 0 Å². The van der Waals surface area contributed by atoms with Gasteiger partial charge in [0.05, 0.1) is 29.9 Å². The second-order valence-electron chi connectivity index (χ2n) is 9.51. The van der Waals surface area contributed by atoms with E-state index >= 15 is 0 Å². The summed E-state index contributed by atoms with van der Waals surface area (Å²) in [6, 6.07) is 15.5. The Bertz CT molecular complexity index is 1510. The molecule has 2 aromatic carbocycles. The van der Waals surface area contributed by atoms with Crippen molar-refractivity contribution in [1.29, 1.82) is 0 Å². The lowest BCUT2D eigenvalue weighted by molar-refractivity contribution is -0.111. The molecule has 1 aliphatic rings. The number of hydrogen-bond acceptors (Lipinski definition) is 9. The van der Waals surface area contributed by atoms with Gasteiger partial charge in [-0.15, -0.1) is 0 Å². The largest absolute Gasteiger partial charge is 0.494 e. The van der Waals surface area contributed by atoms with Crippen molar-refractivity contribution >= 4 is 40.3 Å². The molecule has 1 fully saturated rings. The average molecular weight is 540 g/mol. The highest BCUT2D eigenvalue weighted by Crippen LogP contribution is 2.39. The van der Waals surface area contributed by atoms with Gasteiger partial charge < -0.3 is 30.5 Å². The molecule has 206 valence electrons. The van der Waals surface area contributed by atoms with Crippen LogP contribution < -0.4 is 25.6 Å². The molecular weight excluding hydrogens is 506 g/mol. The van der Waals surface area contributed by atoms with E-state index in [1.165, 1.54) is 12.4 Å². The number of amides is 1. The fourth-order valence-electron chi connectivity index (χ4n) is 4.57. The number of carbonyl (C=O) groups excluding carboxylic acids is 1. The Labute approximate surface area is 233 Å². The first kappa shape index (κ1) is 26.7. The fourth-order valence-corrected chi connectivity index (χ4v) is 4.57. The van der Waals surface area contributed by atoms with Crippen LogP contribution in [-0.4, -0.2) is 70.9 Å². The second kappa shape index (κ2) is 11.9. The SMILES string of the molecule is C=CC(=O)Nc1cc(Nc2cc(Nc3ccccc3-c3ccn(C)n3)ncn2)c(OC)cc1N1CCN(C)CC1. The first-order chi connectivity index (χ1) is 19.4. The van der Waals surface area contributed by atoms with Crippen molar-refractivity contribution in [2.24, 2.45) is 7.05 Å². The fraction of sp³-hybridized carbons (Fsp3) is 0.241. The van der Waals surface area contributed by atoms with Crippen LogP contribution in [0.2, 0.25) is 0 Å². The van der Waals surface area contributed by atoms with Gasteiger partial charge >= 0.3 is 0 Å². The smallest absolute Gasteiger partial charge is 0.247 e. The van der Waals surface area contributed by atoms with Gasteiger partial charge in [-0.05, 0) is 31.3 Å². The number of ether oxygens (including phenoxy) is 1. The van der Waals surface area contributed by atoms with Gasteiger partial charge in [0.15, 0.2) is 0 Å². The third-order valence-corrected chi connectivity index (χ3v) is 6.71. The Hall–Kier alpha value is -4.90. The highest BCUT2D eigenvalue weighted by Gasteiger charge is 2.21. The Balaban J connectivity index is 1.43. The van der Waals surface area contributed by atoms with Gasteiger partial charge in [0, 0.05) is 62.8 Å². The molecule has 1 aliphatic heterocycles. The molecule has 2 aromatic heterocycles. The molecule has 4 aromatic rings. The number of benzene rings is 2. The van der Waals surface area contributed by atoms with Crippen molar-refractivity contribution in [3.63, 3.8) is 0 Å². The third kappa shape index (κ3) is 6.05. The highest BCUT2D eigenvalue weighted by molar-refractivity contribution is 6.02. The summed E-state index contributed by atoms with van der Waals surface area (Å²) in [5.41, 5.74) is 4.89. The van der Waals surface area contributed by atoms with Gasteiger partial charge in [-0.25, -0.2) is 9.97 Å². The molecule has 0 unspecified atom stereocenters. The maximum atomic E-state index is 12.3. The summed E-state index contributed by atoms with van der Waals surface area (Å²) in [5, 5.41) is 14.2. The van der Waals surface area contributed by atoms with E-state index in [-0.39, 0.29) is 5.91 Å². The van der Waals surface area contributed by atoms with Crippen molar-refractivity contribution < 1.29 is 9.53 Å². The highest BCUT2D eigenvalue weighted by atomic mass is 16.5. The molecule has 5 rings (SSSR count). The van der Waals surface area contributed by atoms with Crippen LogP contribution in [-0.2, 0) is 11.8 Å². The molecule has 1 saturated heterocycles. The summed E-state index contributed by atoms with van der Waals surface area (Å²) >= 11 is 0. The van der Waals surface area contributed by atoms with E-state index in [0.29, 0.717) is 28.8 Å². The van der Waals surface area contributed by atoms with E-state index in [9.17, 15) is 4.79 Å². The van der Waals surface area contributed by atoms with Gasteiger partial charge in [0.1, 0.15) is 23.7 Å². The summed E-state index contributed by atoms with van der Waals surface area (Å²) < 4.78 is 7.52. The van der Waals surface area contributed by atoms with Crippen LogP contribution >= 0.6 is 0 Å². The molecule has 0 atom stereocenters. The molecule has 0 spiro atoms. The number of piperazine rings is 1. The Morgan fingerprint density at radius 3 is 2.35 bits per heavy atom. The average Bonchev–Trinajstić information content (AvgIpc) is 3.40. The number of hydrogen-bond donors (Lipinski definition) is 3. The standard InChI is InChI=1S/C29H33N9O2/c1-5-29(39)34-23-16-24(26(40-4)17-25(23)38-14-12-36(2)13-15-38)33-28-18-27(30-19-31-28)32-21-9-7-6-8-20(21)22-10-11-37(3)35-22/h5-11,16-19H,1,12-15H2,2-4H3,(H,34,39)(H2,30,31,32,33). The number of nitrogens with zero attached hydrogens (tertiary/aromatic N) is 6. The summed E-state index contributed by atoms with van der Waals surface area (Å²) in [6.07, 6.45) is 4.66. The zero-order valence-electron chi connectivity index (χ0n) is 22.9. The van der Waals surface area contributed by atoms with Gasteiger partial charge in [-0.3, -0.25) is 9.48 Å². The van der Waals surface area contributed by atoms with Crippen LogP contribution in [0.3, 0.4) is 0 Å². The lowest BCUT2D eigenvalue weighted by atomic mass is 10.1. The predicted octanol–water partition coefficient (Wildman–Crippen LogP) is 4.25. The number of aryl methyl sites for hydroxylation is 1. The van der Waals surface area contributed by atoms with Crippen molar-refractivity contribution in [1.82, 2.24) is 24.6 Å². The van der Waals surface area contributed by atoms with E-state index in [1.54, 1.807) is 11.8 Å². The topological polar surface area (TPSA) is 112 Å². The van der Waals surface area contributed by atoms with Gasteiger partial charge in [0.25, 0.3) is 0 Å². The predicted molar refractivity (Wildman–Crippen MR) is 159 cm³/mol. The monoisotopic (exact) mass is 539 g/mol. The number of likely N-dealkylation sites (N-methyl/N-ethyl adjacent to an activating group) is 1. The van der Waals surface area contributed by atoms with Crippen molar-refractivity contribution in [3.05, 3.63) is 73.7 Å². The zero-order chi connectivity index (χ0) is 28.1. The van der Waals surface area contributed by atoms with Crippen LogP contribution in [0.25, 0.3) is 11.3 Å². The zero-order valence-corrected chi connectivity index (χ0v) is 22.9. The number of methoxy groups -OCH3 is 1. The van der Waals surface area contributed by atoms with E-state index in [0.717, 1.165) is 48.8 Å². The summed E-state index contributed by atoms with van der Waals surface area (Å²) in [6.45, 7) is 7.13. The molecule has 11 heteroatoms. The van der Waals surface area contributed by atoms with E-state index in [2.05, 4.69) is 54.4 Å². The number of rotatable bonds is 9. The molecule has 40 heavy (non-hydrogen) atoms. The first-order valence-electron chi connectivity index (χ1n) is 13.0. The lowest BCUT2D eigenvalue weighted by Gasteiger charge is -2.35. The summed E-state index contributed by atoms with van der Waals surface area (Å²) in [4.78, 5) is 25.6. The van der Waals surface area contributed by atoms with Crippen LogP contribution in [0, 0.1) is 0 Å². The molecule has 3 heterocycles. The molecule has 1 amide bonds. The molecular formula is C29H33N9O2. The van der Waals surface area contributed by atoms with Crippen LogP contribution in [0.15, 0.2) is 73.7 Å². The van der Waals surface area contributed by atoms with Gasteiger partial charge in [0.2, 0.25) is 5.91 Å². The molecule has 3 N–H and O–H groups in total. The van der Waals surface area contributed by atoms with E-state index in [4.69, 9.17) is 4.74 Å². The number of para-hydroxylation sites is 1. The third-order valence-electron chi connectivity index (χ3n) is 6.71. The number of anilines is 6. The minimum atomic E-state index is -0.286. The Morgan fingerprint density at radius 2 is 1.68 bits per heavy atom. The van der Waals surface area contributed by atoms with Crippen molar-refractivity contribution in [2.45, 2.75) is 0 Å². The maximum absolute atomic E-state index is 12.3. The minimum absolute atomic E-state index is 0.286. The maximum Gasteiger partial charge on any atom is 0.247 e. The Morgan fingerprint density at radius 1 is 0.950 bits per heavy atom. The Kier molecular flexibility index (Phi) is 7.92. The molecule has 0 aliphatic carbocycles. The second-order valence-corrected chi connectivity index (χ2v) is 9.51. The molecule has 11 nitrogen and oxygen atoms in total. The number of aromatic nitrogens is 4. The number of nitrogens with one attached hydrogen (secondary N) is 3. The minimum Gasteiger partial charge on any atom is -0.494 e. The van der Waals surface area contributed by atoms with Crippen molar-refractivity contribution in [2.75, 3.05) is 61.2 Å². The quantitative estimate of drug-likeness (QED) is 0.269. The molecule has 0 bridgehead atoms. The van der Waals surface area contributed by atoms with E-state index in [1.807, 2.05) is 61.8 Å². The van der Waals surface area contributed by atoms with Crippen molar-refractivity contribution in [3.8, 4) is 17.0 Å². The molecule has 0 saturated carbocycles. The molecule has 0 radical (unpaired) electrons.